The normalized spacial score (nSPS) is 11.3. The van der Waals surface area contributed by atoms with Gasteiger partial charge in [0.2, 0.25) is 0 Å². The van der Waals surface area contributed by atoms with Crippen LogP contribution in [0.4, 0.5) is 0 Å². The molecule has 0 unspecified atom stereocenters. The lowest BCUT2D eigenvalue weighted by atomic mass is 10.3. The highest BCUT2D eigenvalue weighted by Crippen LogP contribution is 1.95. The van der Waals surface area contributed by atoms with E-state index in [0.29, 0.717) is 0 Å². The Labute approximate surface area is 156 Å². The SMILES string of the molecule is CCCOCCCOCCCC[N]CCCCOCCCOCCC. The van der Waals surface area contributed by atoms with Crippen molar-refractivity contribution in [1.82, 2.24) is 5.32 Å². The van der Waals surface area contributed by atoms with E-state index in [1.165, 1.54) is 0 Å². The van der Waals surface area contributed by atoms with Gasteiger partial charge in [-0.05, 0) is 51.4 Å². The van der Waals surface area contributed by atoms with E-state index >= 15 is 0 Å². The van der Waals surface area contributed by atoms with E-state index in [4.69, 9.17) is 18.9 Å². The van der Waals surface area contributed by atoms with Crippen LogP contribution in [0.5, 0.6) is 0 Å². The largest absolute Gasteiger partial charge is 0.381 e. The summed E-state index contributed by atoms with van der Waals surface area (Å²) < 4.78 is 22.0. The fraction of sp³-hybridized carbons (Fsp3) is 1.00. The summed E-state index contributed by atoms with van der Waals surface area (Å²) in [5.41, 5.74) is 0. The first-order chi connectivity index (χ1) is 12.4. The molecule has 0 aromatic carbocycles. The van der Waals surface area contributed by atoms with Crippen LogP contribution in [0, 0.1) is 0 Å². The van der Waals surface area contributed by atoms with E-state index in [1.807, 2.05) is 0 Å². The molecule has 0 saturated carbocycles. The van der Waals surface area contributed by atoms with Crippen LogP contribution < -0.4 is 5.32 Å². The molecule has 0 rings (SSSR count). The molecule has 0 saturated heterocycles. The number of nitrogens with zero attached hydrogens (tertiary/aromatic N) is 1. The van der Waals surface area contributed by atoms with Gasteiger partial charge in [-0.2, -0.15) is 0 Å². The lowest BCUT2D eigenvalue weighted by Gasteiger charge is -2.06. The average Bonchev–Trinajstić information content (AvgIpc) is 2.63. The van der Waals surface area contributed by atoms with E-state index in [1.54, 1.807) is 0 Å². The van der Waals surface area contributed by atoms with Crippen LogP contribution >= 0.6 is 0 Å². The van der Waals surface area contributed by atoms with Gasteiger partial charge in [-0.1, -0.05) is 13.8 Å². The Balaban J connectivity index is 2.94. The number of rotatable bonds is 22. The number of hydrogen-bond acceptors (Lipinski definition) is 4. The van der Waals surface area contributed by atoms with Crippen molar-refractivity contribution in [1.29, 1.82) is 0 Å². The maximum Gasteiger partial charge on any atom is 0.0487 e. The van der Waals surface area contributed by atoms with Gasteiger partial charge in [-0.25, -0.2) is 5.32 Å². The molecule has 0 fully saturated rings. The van der Waals surface area contributed by atoms with Crippen LogP contribution in [0.25, 0.3) is 0 Å². The van der Waals surface area contributed by atoms with Crippen LogP contribution in [-0.4, -0.2) is 65.9 Å². The molecule has 0 N–H and O–H groups in total. The second-order valence-corrected chi connectivity index (χ2v) is 6.24. The van der Waals surface area contributed by atoms with Crippen molar-refractivity contribution >= 4 is 0 Å². The van der Waals surface area contributed by atoms with Gasteiger partial charge in [-0.3, -0.25) is 0 Å². The van der Waals surface area contributed by atoms with E-state index in [-0.39, 0.29) is 0 Å². The molecule has 151 valence electrons. The lowest BCUT2D eigenvalue weighted by molar-refractivity contribution is 0.0811. The molecule has 0 atom stereocenters. The Hall–Kier alpha value is -0.200. The quantitative estimate of drug-likeness (QED) is 0.275. The first-order valence-corrected chi connectivity index (χ1v) is 10.4. The monoisotopic (exact) mass is 360 g/mol. The fourth-order valence-corrected chi connectivity index (χ4v) is 2.19. The lowest BCUT2D eigenvalue weighted by Crippen LogP contribution is -2.11. The molecular weight excluding hydrogens is 318 g/mol. The summed E-state index contributed by atoms with van der Waals surface area (Å²) in [6.07, 6.45) is 8.63. The van der Waals surface area contributed by atoms with Gasteiger partial charge in [0.1, 0.15) is 0 Å². The highest BCUT2D eigenvalue weighted by atomic mass is 16.5. The minimum atomic E-state index is 0.811. The summed E-state index contributed by atoms with van der Waals surface area (Å²) in [5.74, 6) is 0. The van der Waals surface area contributed by atoms with E-state index in [2.05, 4.69) is 19.2 Å². The van der Waals surface area contributed by atoms with Gasteiger partial charge in [0.05, 0.1) is 0 Å². The van der Waals surface area contributed by atoms with Gasteiger partial charge < -0.3 is 18.9 Å². The number of unbranched alkanes of at least 4 members (excludes halogenated alkanes) is 2. The third kappa shape index (κ3) is 23.8. The van der Waals surface area contributed by atoms with Crippen molar-refractivity contribution < 1.29 is 18.9 Å². The highest BCUT2D eigenvalue weighted by molar-refractivity contribution is 4.49. The maximum absolute atomic E-state index is 5.58. The minimum absolute atomic E-state index is 0.811. The Morgan fingerprint density at radius 1 is 0.440 bits per heavy atom. The zero-order valence-corrected chi connectivity index (χ0v) is 16.8. The predicted molar refractivity (Wildman–Crippen MR) is 103 cm³/mol. The maximum atomic E-state index is 5.58. The summed E-state index contributed by atoms with van der Waals surface area (Å²) >= 11 is 0. The molecule has 0 amide bonds. The Kier molecular flexibility index (Phi) is 23.6. The van der Waals surface area contributed by atoms with E-state index in [0.717, 1.165) is 117 Å². The Morgan fingerprint density at radius 2 is 0.800 bits per heavy atom. The molecule has 0 aliphatic heterocycles. The third-order valence-corrected chi connectivity index (χ3v) is 3.56. The first kappa shape index (κ1) is 24.8. The van der Waals surface area contributed by atoms with Gasteiger partial charge in [-0.15, -0.1) is 0 Å². The van der Waals surface area contributed by atoms with Crippen molar-refractivity contribution in [3.8, 4) is 0 Å². The molecule has 0 spiro atoms. The Morgan fingerprint density at radius 3 is 1.20 bits per heavy atom. The molecule has 25 heavy (non-hydrogen) atoms. The van der Waals surface area contributed by atoms with Crippen LogP contribution in [0.3, 0.4) is 0 Å². The van der Waals surface area contributed by atoms with E-state index < -0.39 is 0 Å². The first-order valence-electron chi connectivity index (χ1n) is 10.4. The van der Waals surface area contributed by atoms with Crippen LogP contribution in [-0.2, 0) is 18.9 Å². The molecule has 0 aliphatic carbocycles. The highest BCUT2D eigenvalue weighted by Gasteiger charge is 1.95. The van der Waals surface area contributed by atoms with Crippen LogP contribution in [0.1, 0.15) is 65.2 Å². The van der Waals surface area contributed by atoms with Crippen LogP contribution in [0.15, 0.2) is 0 Å². The fourth-order valence-electron chi connectivity index (χ4n) is 2.19. The van der Waals surface area contributed by atoms with Gasteiger partial charge in [0.25, 0.3) is 0 Å². The Bertz CT molecular complexity index is 208. The van der Waals surface area contributed by atoms with Gasteiger partial charge in [0.15, 0.2) is 0 Å². The standard InChI is InChI=1S/C20H42NO4/c1-3-13-22-17-9-19-24-15-7-5-11-21-12-6-8-16-25-20-10-18-23-14-4-2/h3-20H2,1-2H3. The summed E-state index contributed by atoms with van der Waals surface area (Å²) in [7, 11) is 0. The summed E-state index contributed by atoms with van der Waals surface area (Å²) in [5, 5.41) is 4.56. The molecule has 0 aliphatic rings. The van der Waals surface area contributed by atoms with Crippen molar-refractivity contribution in [2.24, 2.45) is 0 Å². The molecule has 0 bridgehead atoms. The van der Waals surface area contributed by atoms with Crippen LogP contribution in [0.2, 0.25) is 0 Å². The summed E-state index contributed by atoms with van der Waals surface area (Å²) in [4.78, 5) is 0. The second-order valence-electron chi connectivity index (χ2n) is 6.24. The average molecular weight is 361 g/mol. The topological polar surface area (TPSA) is 51.0 Å². The summed E-state index contributed by atoms with van der Waals surface area (Å²) in [6.45, 7) is 12.8. The van der Waals surface area contributed by atoms with Crippen molar-refractivity contribution in [3.63, 3.8) is 0 Å². The van der Waals surface area contributed by atoms with Crippen molar-refractivity contribution in [3.05, 3.63) is 0 Å². The predicted octanol–water partition coefficient (Wildman–Crippen LogP) is 3.82. The number of hydrogen-bond donors (Lipinski definition) is 0. The zero-order valence-electron chi connectivity index (χ0n) is 16.8. The molecule has 0 aromatic heterocycles. The van der Waals surface area contributed by atoms with E-state index in [9.17, 15) is 0 Å². The zero-order chi connectivity index (χ0) is 18.3. The molecule has 5 nitrogen and oxygen atoms in total. The minimum Gasteiger partial charge on any atom is -0.381 e. The molecule has 0 aromatic rings. The van der Waals surface area contributed by atoms with Crippen molar-refractivity contribution in [2.45, 2.75) is 65.2 Å². The smallest absolute Gasteiger partial charge is 0.0487 e. The molecular formula is C20H42NO4. The molecule has 1 radical (unpaired) electrons. The number of ether oxygens (including phenoxy) is 4. The second kappa shape index (κ2) is 23.8. The van der Waals surface area contributed by atoms with Gasteiger partial charge in [0, 0.05) is 65.9 Å². The van der Waals surface area contributed by atoms with Crippen molar-refractivity contribution in [2.75, 3.05) is 65.9 Å². The molecule has 0 heterocycles. The molecule has 5 heteroatoms. The van der Waals surface area contributed by atoms with Gasteiger partial charge >= 0.3 is 0 Å². The summed E-state index contributed by atoms with van der Waals surface area (Å²) in [6, 6.07) is 0. The third-order valence-electron chi connectivity index (χ3n) is 3.56.